The van der Waals surface area contributed by atoms with Gasteiger partial charge in [0, 0.05) is 12.1 Å². The zero-order chi connectivity index (χ0) is 14.4. The summed E-state index contributed by atoms with van der Waals surface area (Å²) >= 11 is 0. The lowest BCUT2D eigenvalue weighted by Gasteiger charge is -2.14. The van der Waals surface area contributed by atoms with E-state index < -0.39 is 0 Å². The SMILES string of the molecule is CC(C)C(O)CCNCc1cn[nH]c1-c1ccccc1. The molecule has 20 heavy (non-hydrogen) atoms. The van der Waals surface area contributed by atoms with E-state index >= 15 is 0 Å². The highest BCUT2D eigenvalue weighted by Crippen LogP contribution is 2.20. The first-order valence-electron chi connectivity index (χ1n) is 7.15. The van der Waals surface area contributed by atoms with E-state index in [4.69, 9.17) is 0 Å². The Morgan fingerprint density at radius 2 is 2.00 bits per heavy atom. The molecule has 0 aliphatic heterocycles. The lowest BCUT2D eigenvalue weighted by atomic mass is 10.0. The van der Waals surface area contributed by atoms with E-state index in [0.717, 1.165) is 36.3 Å². The molecule has 0 aliphatic rings. The predicted molar refractivity (Wildman–Crippen MR) is 81.2 cm³/mol. The molecule has 0 saturated carbocycles. The van der Waals surface area contributed by atoms with Crippen LogP contribution in [0.2, 0.25) is 0 Å². The Morgan fingerprint density at radius 3 is 2.70 bits per heavy atom. The van der Waals surface area contributed by atoms with Crippen molar-refractivity contribution in [1.82, 2.24) is 15.5 Å². The van der Waals surface area contributed by atoms with Gasteiger partial charge in [-0.15, -0.1) is 0 Å². The molecule has 1 heterocycles. The van der Waals surface area contributed by atoms with Crippen molar-refractivity contribution in [3.8, 4) is 11.3 Å². The largest absolute Gasteiger partial charge is 0.393 e. The van der Waals surface area contributed by atoms with E-state index in [0.29, 0.717) is 5.92 Å². The monoisotopic (exact) mass is 273 g/mol. The molecule has 1 atom stereocenters. The van der Waals surface area contributed by atoms with Crippen molar-refractivity contribution >= 4 is 0 Å². The van der Waals surface area contributed by atoms with Gasteiger partial charge in [-0.3, -0.25) is 5.10 Å². The summed E-state index contributed by atoms with van der Waals surface area (Å²) in [5.41, 5.74) is 3.35. The molecule has 0 spiro atoms. The van der Waals surface area contributed by atoms with Gasteiger partial charge >= 0.3 is 0 Å². The van der Waals surface area contributed by atoms with Crippen LogP contribution >= 0.6 is 0 Å². The van der Waals surface area contributed by atoms with E-state index in [9.17, 15) is 5.11 Å². The fourth-order valence-electron chi connectivity index (χ4n) is 2.11. The Hall–Kier alpha value is -1.65. The lowest BCUT2D eigenvalue weighted by molar-refractivity contribution is 0.116. The highest BCUT2D eigenvalue weighted by atomic mass is 16.3. The molecule has 0 aliphatic carbocycles. The number of aromatic nitrogens is 2. The number of aliphatic hydroxyl groups is 1. The molecule has 108 valence electrons. The Labute approximate surface area is 120 Å². The van der Waals surface area contributed by atoms with Gasteiger partial charge in [0.2, 0.25) is 0 Å². The van der Waals surface area contributed by atoms with Crippen molar-refractivity contribution in [2.75, 3.05) is 6.54 Å². The average Bonchev–Trinajstić information content (AvgIpc) is 2.92. The van der Waals surface area contributed by atoms with Gasteiger partial charge < -0.3 is 10.4 Å². The Bertz CT molecular complexity index is 507. The van der Waals surface area contributed by atoms with Crippen molar-refractivity contribution in [3.63, 3.8) is 0 Å². The molecule has 0 bridgehead atoms. The summed E-state index contributed by atoms with van der Waals surface area (Å²) in [5.74, 6) is 0.311. The second kappa shape index (κ2) is 7.22. The minimum Gasteiger partial charge on any atom is -0.393 e. The maximum Gasteiger partial charge on any atom is 0.0695 e. The van der Waals surface area contributed by atoms with E-state index in [-0.39, 0.29) is 6.10 Å². The standard InChI is InChI=1S/C16H23N3O/c1-12(2)15(20)8-9-17-10-14-11-18-19-16(14)13-6-4-3-5-7-13/h3-7,11-12,15,17,20H,8-10H2,1-2H3,(H,18,19). The first kappa shape index (κ1) is 14.8. The van der Waals surface area contributed by atoms with Gasteiger partial charge in [0.05, 0.1) is 18.0 Å². The molecule has 4 heteroatoms. The van der Waals surface area contributed by atoms with Crippen LogP contribution in [0.1, 0.15) is 25.8 Å². The van der Waals surface area contributed by atoms with Crippen LogP contribution in [0.15, 0.2) is 36.5 Å². The highest BCUT2D eigenvalue weighted by molar-refractivity contribution is 5.62. The van der Waals surface area contributed by atoms with Crippen molar-refractivity contribution < 1.29 is 5.11 Å². The fraction of sp³-hybridized carbons (Fsp3) is 0.438. The van der Waals surface area contributed by atoms with Gasteiger partial charge in [0.15, 0.2) is 0 Å². The molecule has 3 N–H and O–H groups in total. The summed E-state index contributed by atoms with van der Waals surface area (Å²) in [4.78, 5) is 0. The number of rotatable bonds is 7. The van der Waals surface area contributed by atoms with Crippen molar-refractivity contribution in [3.05, 3.63) is 42.1 Å². The van der Waals surface area contributed by atoms with Crippen molar-refractivity contribution in [2.45, 2.75) is 32.9 Å². The zero-order valence-corrected chi connectivity index (χ0v) is 12.1. The predicted octanol–water partition coefficient (Wildman–Crippen LogP) is 2.57. The summed E-state index contributed by atoms with van der Waals surface area (Å²) in [7, 11) is 0. The second-order valence-electron chi connectivity index (χ2n) is 5.41. The number of aromatic amines is 1. The molecule has 2 rings (SSSR count). The van der Waals surface area contributed by atoms with Crippen molar-refractivity contribution in [2.24, 2.45) is 5.92 Å². The van der Waals surface area contributed by atoms with Crippen LogP contribution in [0.3, 0.4) is 0 Å². The maximum absolute atomic E-state index is 9.76. The fourth-order valence-corrected chi connectivity index (χ4v) is 2.11. The normalized spacial score (nSPS) is 12.8. The van der Waals surface area contributed by atoms with Gasteiger partial charge in [0.1, 0.15) is 0 Å². The minimum absolute atomic E-state index is 0.236. The third-order valence-electron chi connectivity index (χ3n) is 3.48. The van der Waals surface area contributed by atoms with Crippen LogP contribution in [0.4, 0.5) is 0 Å². The molecule has 1 aromatic carbocycles. The number of H-pyrrole nitrogens is 1. The van der Waals surface area contributed by atoms with Gasteiger partial charge in [0.25, 0.3) is 0 Å². The quantitative estimate of drug-likeness (QED) is 0.679. The molecule has 0 saturated heterocycles. The molecule has 4 nitrogen and oxygen atoms in total. The van der Waals surface area contributed by atoms with Crippen molar-refractivity contribution in [1.29, 1.82) is 0 Å². The summed E-state index contributed by atoms with van der Waals surface area (Å²) in [5, 5.41) is 20.3. The number of aliphatic hydroxyl groups excluding tert-OH is 1. The molecular formula is C16H23N3O. The zero-order valence-electron chi connectivity index (χ0n) is 12.1. The van der Waals surface area contributed by atoms with Gasteiger partial charge in [-0.1, -0.05) is 44.2 Å². The Morgan fingerprint density at radius 1 is 1.25 bits per heavy atom. The number of hydrogen-bond acceptors (Lipinski definition) is 3. The van der Waals surface area contributed by atoms with Gasteiger partial charge in [-0.25, -0.2) is 0 Å². The third-order valence-corrected chi connectivity index (χ3v) is 3.48. The van der Waals surface area contributed by atoms with Crippen LogP contribution in [-0.4, -0.2) is 28.0 Å². The number of nitrogens with zero attached hydrogens (tertiary/aromatic N) is 1. The minimum atomic E-state index is -0.236. The van der Waals surface area contributed by atoms with Crippen LogP contribution in [0, 0.1) is 5.92 Å². The molecule has 0 radical (unpaired) electrons. The van der Waals surface area contributed by atoms with Crippen LogP contribution in [0.5, 0.6) is 0 Å². The first-order valence-corrected chi connectivity index (χ1v) is 7.15. The maximum atomic E-state index is 9.76. The van der Waals surface area contributed by atoms with E-state index in [2.05, 4.69) is 27.6 Å². The van der Waals surface area contributed by atoms with Gasteiger partial charge in [-0.2, -0.15) is 5.10 Å². The van der Waals surface area contributed by atoms with Crippen LogP contribution < -0.4 is 5.32 Å². The first-order chi connectivity index (χ1) is 9.68. The summed E-state index contributed by atoms with van der Waals surface area (Å²) in [6.45, 7) is 5.63. The van der Waals surface area contributed by atoms with Gasteiger partial charge in [-0.05, 0) is 24.4 Å². The Balaban J connectivity index is 1.87. The van der Waals surface area contributed by atoms with E-state index in [1.807, 2.05) is 38.2 Å². The van der Waals surface area contributed by atoms with E-state index in [1.165, 1.54) is 0 Å². The van der Waals surface area contributed by atoms with Crippen LogP contribution in [0.25, 0.3) is 11.3 Å². The smallest absolute Gasteiger partial charge is 0.0695 e. The highest BCUT2D eigenvalue weighted by Gasteiger charge is 2.09. The molecular weight excluding hydrogens is 250 g/mol. The summed E-state index contributed by atoms with van der Waals surface area (Å²) in [6, 6.07) is 10.2. The second-order valence-corrected chi connectivity index (χ2v) is 5.41. The molecule has 1 aromatic heterocycles. The molecule has 2 aromatic rings. The molecule has 0 fully saturated rings. The number of benzene rings is 1. The Kier molecular flexibility index (Phi) is 5.32. The van der Waals surface area contributed by atoms with E-state index in [1.54, 1.807) is 0 Å². The topological polar surface area (TPSA) is 60.9 Å². The number of hydrogen-bond donors (Lipinski definition) is 3. The summed E-state index contributed by atoms with van der Waals surface area (Å²) < 4.78 is 0. The molecule has 1 unspecified atom stereocenters. The molecule has 0 amide bonds. The lowest BCUT2D eigenvalue weighted by Crippen LogP contribution is -2.23. The number of nitrogens with one attached hydrogen (secondary N) is 2. The van der Waals surface area contributed by atoms with Crippen LogP contribution in [-0.2, 0) is 6.54 Å². The summed E-state index contributed by atoms with van der Waals surface area (Å²) in [6.07, 6.45) is 2.39. The average molecular weight is 273 g/mol. The third kappa shape index (κ3) is 3.92.